The van der Waals surface area contributed by atoms with Crippen molar-refractivity contribution < 1.29 is 14.3 Å². The largest absolute Gasteiger partial charge is 0.493 e. The first kappa shape index (κ1) is 14.8. The molecule has 1 saturated heterocycles. The number of fused-ring (bicyclic) bond motifs is 1. The van der Waals surface area contributed by atoms with Crippen LogP contribution >= 0.6 is 0 Å². The lowest BCUT2D eigenvalue weighted by molar-refractivity contribution is -0.146. The first-order chi connectivity index (χ1) is 11.2. The standard InChI is InChI=1S/C20H24O3/c1-14-8-17-13-23-19(21)20(17,10-14)11-16-6-3-7-18(9-16)22-12-15-4-2-5-15/h3,6-7,9,15,17H,1-2,4-5,8,10-13H2. The first-order valence-electron chi connectivity index (χ1n) is 8.71. The minimum absolute atomic E-state index is 0.0399. The van der Waals surface area contributed by atoms with Gasteiger partial charge in [0.15, 0.2) is 0 Å². The Hall–Kier alpha value is -1.77. The molecule has 0 N–H and O–H groups in total. The first-order valence-corrected chi connectivity index (χ1v) is 8.71. The van der Waals surface area contributed by atoms with Gasteiger partial charge in [-0.15, -0.1) is 0 Å². The summed E-state index contributed by atoms with van der Waals surface area (Å²) < 4.78 is 11.3. The van der Waals surface area contributed by atoms with E-state index in [1.807, 2.05) is 12.1 Å². The molecular weight excluding hydrogens is 288 g/mol. The van der Waals surface area contributed by atoms with Gasteiger partial charge < -0.3 is 9.47 Å². The van der Waals surface area contributed by atoms with Crippen LogP contribution in [0.1, 0.15) is 37.7 Å². The molecule has 2 saturated carbocycles. The Morgan fingerprint density at radius 3 is 3.00 bits per heavy atom. The fourth-order valence-corrected chi connectivity index (χ4v) is 4.25. The van der Waals surface area contributed by atoms with E-state index in [0.717, 1.165) is 43.1 Å². The van der Waals surface area contributed by atoms with Gasteiger partial charge in [0.1, 0.15) is 5.75 Å². The molecule has 1 heterocycles. The third-order valence-electron chi connectivity index (χ3n) is 5.83. The van der Waals surface area contributed by atoms with Gasteiger partial charge in [0.2, 0.25) is 0 Å². The van der Waals surface area contributed by atoms with Crippen molar-refractivity contribution in [1.29, 1.82) is 0 Å². The van der Waals surface area contributed by atoms with Crippen LogP contribution in [0.25, 0.3) is 0 Å². The summed E-state index contributed by atoms with van der Waals surface area (Å²) in [4.78, 5) is 12.4. The van der Waals surface area contributed by atoms with Gasteiger partial charge in [-0.3, -0.25) is 4.79 Å². The van der Waals surface area contributed by atoms with E-state index in [0.29, 0.717) is 12.5 Å². The van der Waals surface area contributed by atoms with Gasteiger partial charge in [0, 0.05) is 5.92 Å². The van der Waals surface area contributed by atoms with E-state index in [-0.39, 0.29) is 11.4 Å². The minimum Gasteiger partial charge on any atom is -0.493 e. The molecule has 0 amide bonds. The van der Waals surface area contributed by atoms with Gasteiger partial charge in [-0.05, 0) is 55.7 Å². The van der Waals surface area contributed by atoms with Crippen LogP contribution in [0.15, 0.2) is 36.4 Å². The van der Waals surface area contributed by atoms with Crippen LogP contribution < -0.4 is 4.74 Å². The molecule has 1 aromatic carbocycles. The highest BCUT2D eigenvalue weighted by atomic mass is 16.5. The zero-order valence-electron chi connectivity index (χ0n) is 13.6. The number of ether oxygens (including phenoxy) is 2. The monoisotopic (exact) mass is 312 g/mol. The fraction of sp³-hybridized carbons (Fsp3) is 0.550. The highest BCUT2D eigenvalue weighted by molar-refractivity contribution is 5.81. The molecule has 0 aromatic heterocycles. The molecule has 1 aromatic rings. The lowest BCUT2D eigenvalue weighted by Gasteiger charge is -2.26. The van der Waals surface area contributed by atoms with Crippen molar-refractivity contribution in [2.45, 2.75) is 38.5 Å². The van der Waals surface area contributed by atoms with Gasteiger partial charge in [-0.25, -0.2) is 0 Å². The molecule has 3 fully saturated rings. The molecule has 2 atom stereocenters. The molecule has 2 unspecified atom stereocenters. The predicted octanol–water partition coefficient (Wildman–Crippen LogP) is 3.92. The van der Waals surface area contributed by atoms with E-state index in [1.54, 1.807) is 0 Å². The molecule has 4 rings (SSSR count). The van der Waals surface area contributed by atoms with Crippen LogP contribution in [-0.2, 0) is 16.0 Å². The van der Waals surface area contributed by atoms with Gasteiger partial charge in [-0.2, -0.15) is 0 Å². The molecule has 3 nitrogen and oxygen atoms in total. The molecule has 3 aliphatic rings. The third-order valence-corrected chi connectivity index (χ3v) is 5.83. The summed E-state index contributed by atoms with van der Waals surface area (Å²) in [5, 5.41) is 0. The maximum atomic E-state index is 12.4. The molecule has 0 radical (unpaired) electrons. The van der Waals surface area contributed by atoms with Crippen LogP contribution in [0.2, 0.25) is 0 Å². The lowest BCUT2D eigenvalue weighted by Crippen LogP contribution is -2.31. The van der Waals surface area contributed by atoms with E-state index < -0.39 is 0 Å². The number of carbonyl (C=O) groups is 1. The zero-order valence-corrected chi connectivity index (χ0v) is 13.6. The van der Waals surface area contributed by atoms with Crippen molar-refractivity contribution in [1.82, 2.24) is 0 Å². The second-order valence-electron chi connectivity index (χ2n) is 7.51. The van der Waals surface area contributed by atoms with E-state index in [2.05, 4.69) is 18.7 Å². The zero-order chi connectivity index (χ0) is 15.9. The van der Waals surface area contributed by atoms with E-state index in [9.17, 15) is 4.79 Å². The Morgan fingerprint density at radius 1 is 1.35 bits per heavy atom. The van der Waals surface area contributed by atoms with Crippen molar-refractivity contribution in [2.75, 3.05) is 13.2 Å². The van der Waals surface area contributed by atoms with Crippen LogP contribution in [0.4, 0.5) is 0 Å². The lowest BCUT2D eigenvalue weighted by atomic mass is 9.75. The Kier molecular flexibility index (Phi) is 3.67. The summed E-state index contributed by atoms with van der Waals surface area (Å²) in [5.74, 6) is 1.90. The Morgan fingerprint density at radius 2 is 2.22 bits per heavy atom. The molecule has 0 bridgehead atoms. The average molecular weight is 312 g/mol. The number of benzene rings is 1. The number of esters is 1. The summed E-state index contributed by atoms with van der Waals surface area (Å²) in [6.45, 7) is 5.47. The maximum absolute atomic E-state index is 12.4. The molecule has 1 aliphatic heterocycles. The number of carbonyl (C=O) groups excluding carboxylic acids is 1. The van der Waals surface area contributed by atoms with Gasteiger partial charge in [0.25, 0.3) is 0 Å². The minimum atomic E-state index is -0.385. The maximum Gasteiger partial charge on any atom is 0.313 e. The molecule has 3 heteroatoms. The van der Waals surface area contributed by atoms with Crippen molar-refractivity contribution in [3.8, 4) is 5.75 Å². The third kappa shape index (κ3) is 2.66. The molecular formula is C20H24O3. The second-order valence-corrected chi connectivity index (χ2v) is 7.51. The van der Waals surface area contributed by atoms with Gasteiger partial charge in [0.05, 0.1) is 18.6 Å². The SMILES string of the molecule is C=C1CC2COC(=O)C2(Cc2cccc(OCC3CCC3)c2)C1. The van der Waals surface area contributed by atoms with Crippen LogP contribution in [-0.4, -0.2) is 19.2 Å². The summed E-state index contributed by atoms with van der Waals surface area (Å²) in [6.07, 6.45) is 6.34. The normalized spacial score (nSPS) is 30.0. The van der Waals surface area contributed by atoms with Crippen molar-refractivity contribution in [3.63, 3.8) is 0 Å². The van der Waals surface area contributed by atoms with Crippen LogP contribution in [0.3, 0.4) is 0 Å². The van der Waals surface area contributed by atoms with Gasteiger partial charge in [-0.1, -0.05) is 30.7 Å². The number of hydrogen-bond donors (Lipinski definition) is 0. The molecule has 0 spiro atoms. The number of rotatable bonds is 5. The Labute approximate surface area is 137 Å². The topological polar surface area (TPSA) is 35.5 Å². The van der Waals surface area contributed by atoms with Crippen molar-refractivity contribution >= 4 is 5.97 Å². The Balaban J connectivity index is 1.49. The van der Waals surface area contributed by atoms with Crippen LogP contribution in [0.5, 0.6) is 5.75 Å². The van der Waals surface area contributed by atoms with Crippen molar-refractivity contribution in [3.05, 3.63) is 42.0 Å². The summed E-state index contributed by atoms with van der Waals surface area (Å²) in [6, 6.07) is 8.23. The molecule has 122 valence electrons. The van der Waals surface area contributed by atoms with E-state index in [1.165, 1.54) is 24.8 Å². The van der Waals surface area contributed by atoms with Crippen LogP contribution in [0, 0.1) is 17.3 Å². The Bertz CT molecular complexity index is 632. The summed E-state index contributed by atoms with van der Waals surface area (Å²) >= 11 is 0. The molecule has 2 aliphatic carbocycles. The number of allylic oxidation sites excluding steroid dienone is 1. The van der Waals surface area contributed by atoms with E-state index in [4.69, 9.17) is 9.47 Å². The summed E-state index contributed by atoms with van der Waals surface area (Å²) in [5.41, 5.74) is 1.96. The highest BCUT2D eigenvalue weighted by Gasteiger charge is 2.55. The number of cyclic esters (lactones) is 1. The quantitative estimate of drug-likeness (QED) is 0.611. The number of hydrogen-bond acceptors (Lipinski definition) is 3. The average Bonchev–Trinajstić information content (AvgIpc) is 2.93. The summed E-state index contributed by atoms with van der Waals surface area (Å²) in [7, 11) is 0. The van der Waals surface area contributed by atoms with E-state index >= 15 is 0 Å². The van der Waals surface area contributed by atoms with Crippen molar-refractivity contribution in [2.24, 2.45) is 17.3 Å². The smallest absolute Gasteiger partial charge is 0.313 e. The highest BCUT2D eigenvalue weighted by Crippen LogP contribution is 2.52. The molecule has 23 heavy (non-hydrogen) atoms. The fourth-order valence-electron chi connectivity index (χ4n) is 4.25. The van der Waals surface area contributed by atoms with Gasteiger partial charge >= 0.3 is 5.97 Å². The predicted molar refractivity (Wildman–Crippen MR) is 88.2 cm³/mol. The second kappa shape index (κ2) is 5.70.